The van der Waals surface area contributed by atoms with Gasteiger partial charge in [0.25, 0.3) is 0 Å². The first-order valence-corrected chi connectivity index (χ1v) is 15.0. The summed E-state index contributed by atoms with van der Waals surface area (Å²) in [7, 11) is 0. The molecular weight excluding hydrogens is 640 g/mol. The topological polar surface area (TPSA) is 207 Å². The van der Waals surface area contributed by atoms with Crippen LogP contribution in [0.3, 0.4) is 0 Å². The number of hydrogen-bond acceptors (Lipinski definition) is 6. The molecule has 0 aliphatic rings. The number of nitrogens with one attached hydrogen (secondary N) is 2. The maximum atomic E-state index is 12.1. The molecule has 2 aromatic heterocycles. The van der Waals surface area contributed by atoms with Crippen molar-refractivity contribution < 1.29 is 39.6 Å². The Labute approximate surface area is 280 Å². The maximum Gasteiger partial charge on any atom is 0.337 e. The van der Waals surface area contributed by atoms with E-state index in [1.807, 2.05) is 48.5 Å². The van der Waals surface area contributed by atoms with Crippen molar-refractivity contribution in [2.75, 3.05) is 0 Å². The Morgan fingerprint density at radius 3 is 1.48 bits per heavy atom. The lowest BCUT2D eigenvalue weighted by Gasteiger charge is -2.18. The second kappa shape index (κ2) is 12.4. The zero-order valence-electron chi connectivity index (χ0n) is 25.7. The van der Waals surface area contributed by atoms with Gasteiger partial charge in [0.1, 0.15) is 0 Å². The molecular formula is C38H24N4O8. The number of carboxylic acid groups (broad SMARTS) is 4. The predicted octanol–water partition coefficient (Wildman–Crippen LogP) is 7.66. The van der Waals surface area contributed by atoms with Gasteiger partial charge in [-0.2, -0.15) is 0 Å². The Kier molecular flexibility index (Phi) is 7.73. The molecule has 0 aliphatic carbocycles. The number of nitrogens with zero attached hydrogens (tertiary/aromatic N) is 2. The van der Waals surface area contributed by atoms with Crippen molar-refractivity contribution >= 4 is 89.0 Å². The fourth-order valence-electron chi connectivity index (χ4n) is 6.37. The highest BCUT2D eigenvalue weighted by atomic mass is 16.4. The van der Waals surface area contributed by atoms with E-state index in [-0.39, 0.29) is 16.5 Å². The number of hydrogen-bond donors (Lipinski definition) is 6. The second-order valence-electron chi connectivity index (χ2n) is 11.2. The van der Waals surface area contributed by atoms with E-state index in [0.717, 1.165) is 22.1 Å². The summed E-state index contributed by atoms with van der Waals surface area (Å²) in [5, 5.41) is 42.0. The number of benzene rings is 7. The SMILES string of the molecule is O=C(O)c1cc2c3cccc4c(C(=O)O)ccc(c5ccc(C(=O)O)c(c1C(=O)O)c52)c43.c1ccc2[nH]cnc2c1.c1ccc2[nH]cnc2c1. The normalized spacial score (nSPS) is 11.0. The number of aromatic amines is 2. The molecule has 0 saturated heterocycles. The zero-order chi connectivity index (χ0) is 35.1. The lowest BCUT2D eigenvalue weighted by molar-refractivity contribution is 0.0652. The Bertz CT molecular complexity index is 2670. The van der Waals surface area contributed by atoms with Crippen molar-refractivity contribution in [1.82, 2.24) is 19.9 Å². The summed E-state index contributed by atoms with van der Waals surface area (Å²) in [6.45, 7) is 0. The molecule has 6 N–H and O–H groups in total. The van der Waals surface area contributed by atoms with E-state index in [1.54, 1.807) is 36.9 Å². The maximum absolute atomic E-state index is 12.1. The molecule has 0 spiro atoms. The molecule has 0 unspecified atom stereocenters. The van der Waals surface area contributed by atoms with Gasteiger partial charge in [-0.15, -0.1) is 0 Å². The zero-order valence-corrected chi connectivity index (χ0v) is 25.7. The van der Waals surface area contributed by atoms with Crippen LogP contribution in [0.1, 0.15) is 41.4 Å². The van der Waals surface area contributed by atoms with Crippen LogP contribution in [-0.4, -0.2) is 64.2 Å². The largest absolute Gasteiger partial charge is 0.478 e. The van der Waals surface area contributed by atoms with Gasteiger partial charge >= 0.3 is 23.9 Å². The van der Waals surface area contributed by atoms with Crippen LogP contribution in [0.25, 0.3) is 65.2 Å². The van der Waals surface area contributed by atoms with E-state index < -0.39 is 35.0 Å². The summed E-state index contributed by atoms with van der Waals surface area (Å²) >= 11 is 0. The Balaban J connectivity index is 0.000000174. The van der Waals surface area contributed by atoms with Crippen molar-refractivity contribution in [2.45, 2.75) is 0 Å². The van der Waals surface area contributed by atoms with Gasteiger partial charge in [0.15, 0.2) is 0 Å². The number of imidazole rings is 2. The highest BCUT2D eigenvalue weighted by molar-refractivity contribution is 6.37. The number of para-hydroxylation sites is 4. The predicted molar refractivity (Wildman–Crippen MR) is 188 cm³/mol. The minimum absolute atomic E-state index is 0.0630. The van der Waals surface area contributed by atoms with E-state index in [4.69, 9.17) is 0 Å². The molecule has 12 heteroatoms. The molecule has 0 atom stereocenters. The van der Waals surface area contributed by atoms with E-state index in [9.17, 15) is 39.6 Å². The van der Waals surface area contributed by atoms with Crippen LogP contribution >= 0.6 is 0 Å². The summed E-state index contributed by atoms with van der Waals surface area (Å²) in [4.78, 5) is 61.9. The first-order valence-electron chi connectivity index (χ1n) is 15.0. The highest BCUT2D eigenvalue weighted by Crippen LogP contribution is 2.44. The minimum atomic E-state index is -1.56. The van der Waals surface area contributed by atoms with Crippen LogP contribution in [-0.2, 0) is 0 Å². The molecule has 0 bridgehead atoms. The van der Waals surface area contributed by atoms with Crippen molar-refractivity contribution in [1.29, 1.82) is 0 Å². The van der Waals surface area contributed by atoms with Crippen LogP contribution in [0.2, 0.25) is 0 Å². The average Bonchev–Trinajstić information content (AvgIpc) is 3.80. The molecule has 0 amide bonds. The van der Waals surface area contributed by atoms with Crippen molar-refractivity contribution in [3.05, 3.63) is 132 Å². The van der Waals surface area contributed by atoms with Gasteiger partial charge in [-0.25, -0.2) is 29.1 Å². The van der Waals surface area contributed by atoms with E-state index >= 15 is 0 Å². The fourth-order valence-corrected chi connectivity index (χ4v) is 6.37. The van der Waals surface area contributed by atoms with Gasteiger partial charge in [-0.05, 0) is 80.2 Å². The van der Waals surface area contributed by atoms with Crippen LogP contribution in [0.4, 0.5) is 0 Å². The summed E-state index contributed by atoms with van der Waals surface area (Å²) in [5.74, 6) is -5.59. The van der Waals surface area contributed by atoms with Crippen LogP contribution in [0, 0.1) is 0 Å². The molecule has 12 nitrogen and oxygen atoms in total. The molecule has 0 aliphatic heterocycles. The molecule has 9 aromatic rings. The number of H-pyrrole nitrogens is 2. The lowest BCUT2D eigenvalue weighted by atomic mass is 9.84. The molecule has 0 fully saturated rings. The first kappa shape index (κ1) is 31.3. The van der Waals surface area contributed by atoms with Gasteiger partial charge < -0.3 is 30.4 Å². The third-order valence-corrected chi connectivity index (χ3v) is 8.46. The third kappa shape index (κ3) is 5.22. The fraction of sp³-hybridized carbons (Fsp3) is 0. The number of aromatic carboxylic acids is 4. The monoisotopic (exact) mass is 664 g/mol. The van der Waals surface area contributed by atoms with E-state index in [1.165, 1.54) is 24.3 Å². The average molecular weight is 665 g/mol. The molecule has 9 rings (SSSR count). The number of fused-ring (bicyclic) bond motifs is 4. The van der Waals surface area contributed by atoms with Gasteiger partial charge in [0.05, 0.1) is 57.0 Å². The van der Waals surface area contributed by atoms with Crippen LogP contribution in [0.5, 0.6) is 0 Å². The Morgan fingerprint density at radius 2 is 0.940 bits per heavy atom. The molecule has 50 heavy (non-hydrogen) atoms. The standard InChI is InChI=1S/C24H12O8.2C7H6N2/c25-21(26)13-6-4-11-12-5-7-14(22(27)28)19-18(12)15(10-3-1-2-9(13)17(10)11)8-16(23(29)30)20(19)24(31)32;2*1-2-4-7-6(3-1)8-5-9-7/h1-8H,(H,25,26)(H,27,28)(H,29,30)(H,31,32);2*1-5H,(H,8,9). The molecule has 244 valence electrons. The molecule has 2 heterocycles. The Hall–Kier alpha value is -7.34. The van der Waals surface area contributed by atoms with Gasteiger partial charge in [0, 0.05) is 5.39 Å². The smallest absolute Gasteiger partial charge is 0.337 e. The lowest BCUT2D eigenvalue weighted by Crippen LogP contribution is -2.12. The quantitative estimate of drug-likeness (QED) is 0.0800. The molecule has 0 saturated carbocycles. The summed E-state index contributed by atoms with van der Waals surface area (Å²) in [6.07, 6.45) is 3.40. The summed E-state index contributed by atoms with van der Waals surface area (Å²) in [5.41, 5.74) is 2.82. The van der Waals surface area contributed by atoms with Crippen molar-refractivity contribution in [3.63, 3.8) is 0 Å². The molecule has 7 aromatic carbocycles. The van der Waals surface area contributed by atoms with Gasteiger partial charge in [-0.3, -0.25) is 0 Å². The number of carbonyl (C=O) groups is 4. The third-order valence-electron chi connectivity index (χ3n) is 8.46. The number of rotatable bonds is 4. The molecule has 0 radical (unpaired) electrons. The van der Waals surface area contributed by atoms with E-state index in [2.05, 4.69) is 19.9 Å². The second-order valence-corrected chi connectivity index (χ2v) is 11.2. The van der Waals surface area contributed by atoms with Crippen molar-refractivity contribution in [2.24, 2.45) is 0 Å². The van der Waals surface area contributed by atoms with Gasteiger partial charge in [-0.1, -0.05) is 54.6 Å². The summed E-state index contributed by atoms with van der Waals surface area (Å²) < 4.78 is 0. The van der Waals surface area contributed by atoms with Crippen molar-refractivity contribution in [3.8, 4) is 0 Å². The number of aromatic nitrogens is 4. The first-order chi connectivity index (χ1) is 24.2. The van der Waals surface area contributed by atoms with Crippen LogP contribution in [0.15, 0.2) is 110 Å². The van der Waals surface area contributed by atoms with Crippen LogP contribution < -0.4 is 0 Å². The van der Waals surface area contributed by atoms with Gasteiger partial charge in [0.2, 0.25) is 0 Å². The Morgan fingerprint density at radius 1 is 0.440 bits per heavy atom. The summed E-state index contributed by atoms with van der Waals surface area (Å²) in [6, 6.07) is 27.9. The minimum Gasteiger partial charge on any atom is -0.478 e. The van der Waals surface area contributed by atoms with E-state index in [0.29, 0.717) is 37.7 Å². The number of carboxylic acids is 4. The highest BCUT2D eigenvalue weighted by Gasteiger charge is 2.28.